The van der Waals surface area contributed by atoms with Gasteiger partial charge in [-0.25, -0.2) is 4.79 Å². The summed E-state index contributed by atoms with van der Waals surface area (Å²) in [6, 6.07) is 10.7. The summed E-state index contributed by atoms with van der Waals surface area (Å²) in [7, 11) is 0. The van der Waals surface area contributed by atoms with Gasteiger partial charge < -0.3 is 5.11 Å². The van der Waals surface area contributed by atoms with E-state index in [2.05, 4.69) is 46.8 Å². The minimum atomic E-state index is -0.982. The predicted molar refractivity (Wildman–Crippen MR) is 113 cm³/mol. The number of aromatic carboxylic acids is 1. The van der Waals surface area contributed by atoms with Crippen molar-refractivity contribution < 1.29 is 14.7 Å². The van der Waals surface area contributed by atoms with Crippen molar-refractivity contribution in [2.24, 2.45) is 0 Å². The summed E-state index contributed by atoms with van der Waals surface area (Å²) in [6.07, 6.45) is 4.12. The van der Waals surface area contributed by atoms with Gasteiger partial charge in [0.1, 0.15) is 0 Å². The number of carboxylic acid groups (broad SMARTS) is 1. The minimum Gasteiger partial charge on any atom is -0.478 e. The zero-order valence-electron chi connectivity index (χ0n) is 17.6. The van der Waals surface area contributed by atoms with E-state index >= 15 is 0 Å². The van der Waals surface area contributed by atoms with Crippen molar-refractivity contribution >= 4 is 11.8 Å². The van der Waals surface area contributed by atoms with E-state index in [1.54, 1.807) is 12.1 Å². The molecule has 2 aromatic rings. The highest BCUT2D eigenvalue weighted by Crippen LogP contribution is 2.48. The molecule has 1 aliphatic carbocycles. The van der Waals surface area contributed by atoms with Gasteiger partial charge in [-0.1, -0.05) is 59.2 Å². The van der Waals surface area contributed by atoms with Gasteiger partial charge in [-0.05, 0) is 65.0 Å². The second kappa shape index (κ2) is 7.20. The van der Waals surface area contributed by atoms with Gasteiger partial charge in [0.25, 0.3) is 0 Å². The van der Waals surface area contributed by atoms with Gasteiger partial charge >= 0.3 is 5.97 Å². The quantitative estimate of drug-likeness (QED) is 0.657. The number of hydrogen-bond donors (Lipinski definition) is 1. The number of fused-ring (bicyclic) bond motifs is 1. The van der Waals surface area contributed by atoms with E-state index in [9.17, 15) is 9.59 Å². The highest BCUT2D eigenvalue weighted by Gasteiger charge is 2.40. The lowest BCUT2D eigenvalue weighted by molar-refractivity contribution is 0.0696. The summed E-state index contributed by atoms with van der Waals surface area (Å²) in [4.78, 5) is 24.6. The molecule has 0 amide bonds. The van der Waals surface area contributed by atoms with Crippen molar-refractivity contribution in [1.29, 1.82) is 0 Å². The summed E-state index contributed by atoms with van der Waals surface area (Å²) in [6.45, 7) is 11.1. The Kier molecular flexibility index (Phi) is 5.22. The standard InChI is InChI=1S/C25H30O3/c1-6-7-16-14-19(22(26)17-8-10-18(11-9-17)23(27)28)21-20(15-16)24(2,3)12-13-25(21,4)5/h8-11,14-15H,6-7,12-13H2,1-5H3,(H,27,28). The first-order valence-electron chi connectivity index (χ1n) is 10.1. The molecule has 3 nitrogen and oxygen atoms in total. The van der Waals surface area contributed by atoms with Crippen molar-refractivity contribution in [3.63, 3.8) is 0 Å². The number of aryl methyl sites for hydroxylation is 1. The molecule has 0 spiro atoms. The second-order valence-electron chi connectivity index (χ2n) is 9.30. The first-order chi connectivity index (χ1) is 13.1. The van der Waals surface area contributed by atoms with Crippen molar-refractivity contribution in [2.75, 3.05) is 0 Å². The fourth-order valence-corrected chi connectivity index (χ4v) is 4.38. The Labute approximate surface area is 167 Å². The smallest absolute Gasteiger partial charge is 0.335 e. The zero-order chi connectivity index (χ0) is 20.7. The van der Waals surface area contributed by atoms with Crippen LogP contribution in [-0.2, 0) is 17.3 Å². The number of benzene rings is 2. The molecule has 0 bridgehead atoms. The van der Waals surface area contributed by atoms with Gasteiger partial charge in [0, 0.05) is 11.1 Å². The molecular weight excluding hydrogens is 348 g/mol. The molecule has 0 heterocycles. The highest BCUT2D eigenvalue weighted by atomic mass is 16.4. The van der Waals surface area contributed by atoms with Gasteiger partial charge in [-0.3, -0.25) is 4.79 Å². The number of hydrogen-bond acceptors (Lipinski definition) is 2. The predicted octanol–water partition coefficient (Wildman–Crippen LogP) is 5.92. The van der Waals surface area contributed by atoms with E-state index < -0.39 is 5.97 Å². The number of rotatable bonds is 5. The van der Waals surface area contributed by atoms with E-state index in [0.29, 0.717) is 5.56 Å². The lowest BCUT2D eigenvalue weighted by atomic mass is 9.61. The Morgan fingerprint density at radius 2 is 1.50 bits per heavy atom. The molecule has 148 valence electrons. The number of carbonyl (C=O) groups excluding carboxylic acids is 1. The van der Waals surface area contributed by atoms with E-state index in [0.717, 1.165) is 36.8 Å². The SMILES string of the molecule is CCCc1cc(C(=O)c2ccc(C(=O)O)cc2)c2c(c1)C(C)(C)CCC2(C)C. The molecule has 2 aromatic carbocycles. The summed E-state index contributed by atoms with van der Waals surface area (Å²) in [5, 5.41) is 9.13. The number of carboxylic acids is 1. The van der Waals surface area contributed by atoms with Crippen molar-refractivity contribution in [3.8, 4) is 0 Å². The molecule has 28 heavy (non-hydrogen) atoms. The van der Waals surface area contributed by atoms with Crippen LogP contribution in [0.4, 0.5) is 0 Å². The molecule has 1 aliphatic rings. The molecular formula is C25H30O3. The summed E-state index contributed by atoms with van der Waals surface area (Å²) >= 11 is 0. The maximum absolute atomic E-state index is 13.5. The lowest BCUT2D eigenvalue weighted by Crippen LogP contribution is -2.36. The molecule has 0 unspecified atom stereocenters. The molecule has 0 saturated heterocycles. The van der Waals surface area contributed by atoms with Crippen LogP contribution in [-0.4, -0.2) is 16.9 Å². The van der Waals surface area contributed by atoms with Crippen LogP contribution in [0.25, 0.3) is 0 Å². The monoisotopic (exact) mass is 378 g/mol. The van der Waals surface area contributed by atoms with E-state index in [1.165, 1.54) is 23.3 Å². The molecule has 0 fully saturated rings. The lowest BCUT2D eigenvalue weighted by Gasteiger charge is -2.43. The van der Waals surface area contributed by atoms with Crippen LogP contribution in [0, 0.1) is 0 Å². The Balaban J connectivity index is 2.20. The van der Waals surface area contributed by atoms with Crippen LogP contribution >= 0.6 is 0 Å². The molecule has 3 rings (SSSR count). The zero-order valence-corrected chi connectivity index (χ0v) is 17.6. The van der Waals surface area contributed by atoms with Crippen molar-refractivity contribution in [2.45, 2.75) is 71.1 Å². The van der Waals surface area contributed by atoms with E-state index in [4.69, 9.17) is 5.11 Å². The molecule has 0 aromatic heterocycles. The summed E-state index contributed by atoms with van der Waals surface area (Å²) in [5.41, 5.74) is 5.15. The third kappa shape index (κ3) is 3.63. The maximum atomic E-state index is 13.5. The Hall–Kier alpha value is -2.42. The number of ketones is 1. The molecule has 3 heteroatoms. The van der Waals surface area contributed by atoms with Gasteiger partial charge in [0.05, 0.1) is 5.56 Å². The second-order valence-corrected chi connectivity index (χ2v) is 9.30. The van der Waals surface area contributed by atoms with Gasteiger partial charge in [-0.15, -0.1) is 0 Å². The fourth-order valence-electron chi connectivity index (χ4n) is 4.38. The summed E-state index contributed by atoms with van der Waals surface area (Å²) < 4.78 is 0. The van der Waals surface area contributed by atoms with Crippen LogP contribution in [0.3, 0.4) is 0 Å². The Morgan fingerprint density at radius 3 is 2.07 bits per heavy atom. The van der Waals surface area contributed by atoms with E-state index in [1.807, 2.05) is 0 Å². The van der Waals surface area contributed by atoms with Crippen LogP contribution < -0.4 is 0 Å². The first kappa shape index (κ1) is 20.3. The van der Waals surface area contributed by atoms with Crippen molar-refractivity contribution in [3.05, 3.63) is 69.8 Å². The highest BCUT2D eigenvalue weighted by molar-refractivity contribution is 6.11. The van der Waals surface area contributed by atoms with E-state index in [-0.39, 0.29) is 22.2 Å². The third-order valence-electron chi connectivity index (χ3n) is 6.16. The van der Waals surface area contributed by atoms with Gasteiger partial charge in [0.15, 0.2) is 5.78 Å². The van der Waals surface area contributed by atoms with Crippen LogP contribution in [0.5, 0.6) is 0 Å². The van der Waals surface area contributed by atoms with Crippen LogP contribution in [0.1, 0.15) is 96.9 Å². The molecule has 1 N–H and O–H groups in total. The topological polar surface area (TPSA) is 54.4 Å². The summed E-state index contributed by atoms with van der Waals surface area (Å²) in [5.74, 6) is -0.999. The average Bonchev–Trinajstić information content (AvgIpc) is 2.64. The largest absolute Gasteiger partial charge is 0.478 e. The Bertz CT molecular complexity index is 918. The average molecular weight is 379 g/mol. The normalized spacial score (nSPS) is 17.0. The Morgan fingerprint density at radius 1 is 0.929 bits per heavy atom. The number of carbonyl (C=O) groups is 2. The fraction of sp³-hybridized carbons (Fsp3) is 0.440. The molecule has 0 saturated carbocycles. The third-order valence-corrected chi connectivity index (χ3v) is 6.16. The van der Waals surface area contributed by atoms with Crippen molar-refractivity contribution in [1.82, 2.24) is 0 Å². The minimum absolute atomic E-state index is 0.0167. The molecule has 0 radical (unpaired) electrons. The molecule has 0 aliphatic heterocycles. The van der Waals surface area contributed by atoms with Gasteiger partial charge in [-0.2, -0.15) is 0 Å². The van der Waals surface area contributed by atoms with Crippen LogP contribution in [0.2, 0.25) is 0 Å². The molecule has 0 atom stereocenters. The first-order valence-corrected chi connectivity index (χ1v) is 10.1. The maximum Gasteiger partial charge on any atom is 0.335 e. The van der Waals surface area contributed by atoms with Gasteiger partial charge in [0.2, 0.25) is 0 Å². The van der Waals surface area contributed by atoms with Crippen LogP contribution in [0.15, 0.2) is 36.4 Å².